The quantitative estimate of drug-likeness (QED) is 0.906. The molecule has 0 spiro atoms. The monoisotopic (exact) mass is 353 g/mol. The van der Waals surface area contributed by atoms with Gasteiger partial charge >= 0.3 is 5.97 Å². The van der Waals surface area contributed by atoms with Crippen LogP contribution < -0.4 is 0 Å². The molecule has 0 aliphatic carbocycles. The lowest BCUT2D eigenvalue weighted by Gasteiger charge is -2.28. The van der Waals surface area contributed by atoms with Gasteiger partial charge in [-0.05, 0) is 37.0 Å². The topological polar surface area (TPSA) is 57.6 Å². The number of benzene rings is 1. The molecule has 1 aromatic rings. The van der Waals surface area contributed by atoms with Gasteiger partial charge in [-0.2, -0.15) is 0 Å². The van der Waals surface area contributed by atoms with Crippen molar-refractivity contribution in [2.45, 2.75) is 27.2 Å². The fourth-order valence-electron chi connectivity index (χ4n) is 2.89. The maximum Gasteiger partial charge on any atom is 0.311 e. The molecule has 2 rings (SSSR count). The van der Waals surface area contributed by atoms with Crippen molar-refractivity contribution in [1.82, 2.24) is 4.90 Å². The first-order valence-corrected chi connectivity index (χ1v) is 7.86. The summed E-state index contributed by atoms with van der Waals surface area (Å²) < 4.78 is 0.851. The first-order chi connectivity index (χ1) is 9.78. The number of hydrogen-bond acceptors (Lipinski definition) is 2. The van der Waals surface area contributed by atoms with Gasteiger partial charge in [-0.25, -0.2) is 0 Å². The first-order valence-electron chi connectivity index (χ1n) is 7.07. The number of nitrogens with zero attached hydrogens (tertiary/aromatic N) is 1. The number of carboxylic acid groups (broad SMARTS) is 1. The fraction of sp³-hybridized carbons (Fsp3) is 0.500. The Labute approximate surface area is 133 Å². The highest BCUT2D eigenvalue weighted by Crippen LogP contribution is 2.38. The number of hydrogen-bond donors (Lipinski definition) is 1. The maximum atomic E-state index is 12.7. The normalized spacial score (nSPS) is 21.9. The van der Waals surface area contributed by atoms with Gasteiger partial charge in [-0.3, -0.25) is 9.59 Å². The Hall–Kier alpha value is -1.36. The number of carbonyl (C=O) groups excluding carboxylic acids is 1. The van der Waals surface area contributed by atoms with E-state index in [1.165, 1.54) is 0 Å². The van der Waals surface area contributed by atoms with E-state index in [9.17, 15) is 14.7 Å². The van der Waals surface area contributed by atoms with E-state index in [2.05, 4.69) is 15.9 Å². The van der Waals surface area contributed by atoms with Crippen molar-refractivity contribution < 1.29 is 14.7 Å². The van der Waals surface area contributed by atoms with E-state index in [1.54, 1.807) is 11.0 Å². The molecule has 0 radical (unpaired) electrons. The lowest BCUT2D eigenvalue weighted by molar-refractivity contribution is -0.150. The van der Waals surface area contributed by atoms with Crippen LogP contribution in [0, 0.1) is 18.3 Å². The largest absolute Gasteiger partial charge is 0.481 e. The molecule has 1 aliphatic heterocycles. The van der Waals surface area contributed by atoms with Gasteiger partial charge in [-0.1, -0.05) is 35.8 Å². The minimum absolute atomic E-state index is 0.00333. The van der Waals surface area contributed by atoms with Gasteiger partial charge < -0.3 is 10.0 Å². The third-order valence-electron chi connectivity index (χ3n) is 4.55. The van der Waals surface area contributed by atoms with Crippen LogP contribution in [0.4, 0.5) is 0 Å². The van der Waals surface area contributed by atoms with Gasteiger partial charge in [0.1, 0.15) is 0 Å². The Kier molecular flexibility index (Phi) is 4.42. The van der Waals surface area contributed by atoms with E-state index in [-0.39, 0.29) is 18.4 Å². The molecule has 1 aliphatic rings. The van der Waals surface area contributed by atoms with Gasteiger partial charge in [0.05, 0.1) is 5.41 Å². The molecule has 1 atom stereocenters. The summed E-state index contributed by atoms with van der Waals surface area (Å²) in [5.74, 6) is -0.896. The summed E-state index contributed by atoms with van der Waals surface area (Å²) in [6.45, 7) is 6.49. The van der Waals surface area contributed by atoms with E-state index in [1.807, 2.05) is 32.9 Å². The van der Waals surface area contributed by atoms with Crippen LogP contribution in [0.1, 0.15) is 36.2 Å². The van der Waals surface area contributed by atoms with Crippen molar-refractivity contribution >= 4 is 27.8 Å². The lowest BCUT2D eigenvalue weighted by Crippen LogP contribution is -2.40. The molecule has 21 heavy (non-hydrogen) atoms. The zero-order valence-corrected chi connectivity index (χ0v) is 14.1. The third-order valence-corrected chi connectivity index (χ3v) is 5.04. The van der Waals surface area contributed by atoms with E-state index in [0.29, 0.717) is 18.5 Å². The van der Waals surface area contributed by atoms with Gasteiger partial charge in [0, 0.05) is 23.1 Å². The molecule has 0 bridgehead atoms. The smallest absolute Gasteiger partial charge is 0.311 e. The Morgan fingerprint density at radius 2 is 2.05 bits per heavy atom. The zero-order valence-electron chi connectivity index (χ0n) is 12.5. The summed E-state index contributed by atoms with van der Waals surface area (Å²) in [6.07, 6.45) is 0.513. The molecule has 0 saturated carbocycles. The Morgan fingerprint density at radius 1 is 1.38 bits per heavy atom. The molecule has 1 heterocycles. The second-order valence-corrected chi connectivity index (χ2v) is 6.97. The molecule has 5 heteroatoms. The Morgan fingerprint density at radius 3 is 2.57 bits per heavy atom. The van der Waals surface area contributed by atoms with Crippen LogP contribution in [0.15, 0.2) is 22.7 Å². The number of carboxylic acids is 1. The maximum absolute atomic E-state index is 12.7. The van der Waals surface area contributed by atoms with Crippen molar-refractivity contribution in [2.75, 3.05) is 13.1 Å². The minimum atomic E-state index is -0.824. The number of aryl methyl sites for hydroxylation is 1. The standard InChI is InChI=1S/C16H20BrNO3/c1-10(2)16(15(20)21)6-7-18(9-16)14(19)13-8-12(17)5-4-11(13)3/h4-5,8,10H,6-7,9H2,1-3H3,(H,20,21). The van der Waals surface area contributed by atoms with Gasteiger partial charge in [0.25, 0.3) is 5.91 Å². The van der Waals surface area contributed by atoms with Crippen molar-refractivity contribution in [3.8, 4) is 0 Å². The SMILES string of the molecule is Cc1ccc(Br)cc1C(=O)N1CCC(C(=O)O)(C(C)C)C1. The van der Waals surface area contributed by atoms with Crippen molar-refractivity contribution in [2.24, 2.45) is 11.3 Å². The fourth-order valence-corrected chi connectivity index (χ4v) is 3.26. The molecule has 0 aromatic heterocycles. The van der Waals surface area contributed by atoms with Crippen LogP contribution >= 0.6 is 15.9 Å². The van der Waals surface area contributed by atoms with Crippen molar-refractivity contribution in [3.05, 3.63) is 33.8 Å². The van der Waals surface area contributed by atoms with Crippen LogP contribution in [0.2, 0.25) is 0 Å². The highest BCUT2D eigenvalue weighted by Gasteiger charge is 2.48. The second kappa shape index (κ2) is 5.79. The number of aliphatic carboxylic acids is 1. The predicted octanol–water partition coefficient (Wildman–Crippen LogP) is 3.33. The molecule has 114 valence electrons. The minimum Gasteiger partial charge on any atom is -0.481 e. The predicted molar refractivity (Wildman–Crippen MR) is 84.3 cm³/mol. The summed E-state index contributed by atoms with van der Waals surface area (Å²) in [7, 11) is 0. The molecular formula is C16H20BrNO3. The molecule has 1 fully saturated rings. The summed E-state index contributed by atoms with van der Waals surface area (Å²) >= 11 is 3.38. The Bertz CT molecular complexity index is 585. The molecule has 4 nitrogen and oxygen atoms in total. The number of halogens is 1. The van der Waals surface area contributed by atoms with E-state index >= 15 is 0 Å². The van der Waals surface area contributed by atoms with E-state index in [0.717, 1.165) is 10.0 Å². The number of amides is 1. The number of rotatable bonds is 3. The van der Waals surface area contributed by atoms with Crippen LogP contribution in [0.25, 0.3) is 0 Å². The summed E-state index contributed by atoms with van der Waals surface area (Å²) in [5, 5.41) is 9.56. The van der Waals surface area contributed by atoms with Crippen molar-refractivity contribution in [1.29, 1.82) is 0 Å². The summed E-state index contributed by atoms with van der Waals surface area (Å²) in [6, 6.07) is 5.58. The summed E-state index contributed by atoms with van der Waals surface area (Å²) in [5.41, 5.74) is 0.713. The average Bonchev–Trinajstić information content (AvgIpc) is 2.87. The van der Waals surface area contributed by atoms with Gasteiger partial charge in [-0.15, -0.1) is 0 Å². The highest BCUT2D eigenvalue weighted by atomic mass is 79.9. The van der Waals surface area contributed by atoms with Crippen LogP contribution in [0.3, 0.4) is 0 Å². The number of likely N-dealkylation sites (tertiary alicyclic amines) is 1. The highest BCUT2D eigenvalue weighted by molar-refractivity contribution is 9.10. The van der Waals surface area contributed by atoms with Gasteiger partial charge in [0.2, 0.25) is 0 Å². The van der Waals surface area contributed by atoms with Gasteiger partial charge in [0.15, 0.2) is 0 Å². The molecule has 1 amide bonds. The average molecular weight is 354 g/mol. The zero-order chi connectivity index (χ0) is 15.8. The van der Waals surface area contributed by atoms with E-state index < -0.39 is 11.4 Å². The first kappa shape index (κ1) is 16.0. The second-order valence-electron chi connectivity index (χ2n) is 6.05. The molecule has 1 saturated heterocycles. The molecule has 1 unspecified atom stereocenters. The van der Waals surface area contributed by atoms with Crippen LogP contribution in [-0.4, -0.2) is 35.0 Å². The molecular weight excluding hydrogens is 334 g/mol. The Balaban J connectivity index is 2.27. The lowest BCUT2D eigenvalue weighted by atomic mass is 9.76. The van der Waals surface area contributed by atoms with Crippen molar-refractivity contribution in [3.63, 3.8) is 0 Å². The van der Waals surface area contributed by atoms with Crippen LogP contribution in [-0.2, 0) is 4.79 Å². The van der Waals surface area contributed by atoms with Crippen LogP contribution in [0.5, 0.6) is 0 Å². The molecule has 1 aromatic carbocycles. The molecule has 1 N–H and O–H groups in total. The summed E-state index contributed by atoms with van der Waals surface area (Å²) in [4.78, 5) is 26.0. The number of carbonyl (C=O) groups is 2. The third kappa shape index (κ3) is 2.84. The van der Waals surface area contributed by atoms with E-state index in [4.69, 9.17) is 0 Å².